The monoisotopic (exact) mass is 291 g/mol. The Kier molecular flexibility index (Phi) is 3.01. The minimum Gasteiger partial charge on any atom is -0.263 e. The molecule has 0 radical (unpaired) electrons. The van der Waals surface area contributed by atoms with Gasteiger partial charge >= 0.3 is 0 Å². The standard InChI is InChI=1S/C15H14FNO2S/c1-11-10-12-6-2-4-8-14(12)17(11)20(18,19)15-9-5-3-7-13(15)16/h2-9,11H,10H2,1H3. The molecule has 20 heavy (non-hydrogen) atoms. The Hall–Kier alpha value is -1.88. The maximum absolute atomic E-state index is 13.8. The molecule has 2 aromatic rings. The normalized spacial score (nSPS) is 18.1. The lowest BCUT2D eigenvalue weighted by Gasteiger charge is -2.24. The number of rotatable bonds is 2. The van der Waals surface area contributed by atoms with Gasteiger partial charge in [0.05, 0.1) is 5.69 Å². The third-order valence-corrected chi connectivity index (χ3v) is 5.48. The number of anilines is 1. The van der Waals surface area contributed by atoms with E-state index in [9.17, 15) is 12.8 Å². The largest absolute Gasteiger partial charge is 0.267 e. The highest BCUT2D eigenvalue weighted by molar-refractivity contribution is 7.92. The van der Waals surface area contributed by atoms with E-state index in [1.807, 2.05) is 19.1 Å². The van der Waals surface area contributed by atoms with Crippen molar-refractivity contribution in [2.75, 3.05) is 4.31 Å². The van der Waals surface area contributed by atoms with Gasteiger partial charge in [-0.05, 0) is 37.1 Å². The minimum atomic E-state index is -3.87. The first-order valence-corrected chi connectivity index (χ1v) is 7.82. The summed E-state index contributed by atoms with van der Waals surface area (Å²) in [5.74, 6) is -0.718. The van der Waals surface area contributed by atoms with Gasteiger partial charge in [0.25, 0.3) is 10.0 Å². The summed E-state index contributed by atoms with van der Waals surface area (Å²) < 4.78 is 40.6. The van der Waals surface area contributed by atoms with E-state index in [4.69, 9.17) is 0 Å². The van der Waals surface area contributed by atoms with Crippen molar-refractivity contribution in [1.82, 2.24) is 0 Å². The Morgan fingerprint density at radius 3 is 2.50 bits per heavy atom. The van der Waals surface area contributed by atoms with Crippen LogP contribution in [0.4, 0.5) is 10.1 Å². The van der Waals surface area contributed by atoms with Gasteiger partial charge in [0.1, 0.15) is 10.7 Å². The van der Waals surface area contributed by atoms with Crippen molar-refractivity contribution in [3.8, 4) is 0 Å². The molecule has 0 saturated carbocycles. The predicted octanol–water partition coefficient (Wildman–Crippen LogP) is 2.97. The van der Waals surface area contributed by atoms with Gasteiger partial charge in [-0.3, -0.25) is 4.31 Å². The average Bonchev–Trinajstić information content (AvgIpc) is 2.75. The van der Waals surface area contributed by atoms with Gasteiger partial charge in [-0.1, -0.05) is 30.3 Å². The lowest BCUT2D eigenvalue weighted by molar-refractivity contribution is 0.559. The van der Waals surface area contributed by atoms with E-state index in [1.165, 1.54) is 28.6 Å². The van der Waals surface area contributed by atoms with Crippen LogP contribution in [-0.2, 0) is 16.4 Å². The smallest absolute Gasteiger partial charge is 0.263 e. The first-order valence-electron chi connectivity index (χ1n) is 6.38. The fraction of sp³-hybridized carbons (Fsp3) is 0.200. The Balaban J connectivity index is 2.16. The molecule has 0 fully saturated rings. The molecule has 2 aromatic carbocycles. The van der Waals surface area contributed by atoms with Gasteiger partial charge in [0.2, 0.25) is 0 Å². The van der Waals surface area contributed by atoms with Gasteiger partial charge in [0, 0.05) is 6.04 Å². The Bertz CT molecular complexity index is 758. The Morgan fingerprint density at radius 2 is 1.75 bits per heavy atom. The predicted molar refractivity (Wildman–Crippen MR) is 75.7 cm³/mol. The highest BCUT2D eigenvalue weighted by Gasteiger charge is 2.36. The highest BCUT2D eigenvalue weighted by Crippen LogP contribution is 2.36. The van der Waals surface area contributed by atoms with Crippen LogP contribution in [0, 0.1) is 5.82 Å². The molecule has 3 rings (SSSR count). The van der Waals surface area contributed by atoms with Crippen LogP contribution in [0.5, 0.6) is 0 Å². The number of halogens is 1. The van der Waals surface area contributed by atoms with Gasteiger partial charge in [0.15, 0.2) is 0 Å². The van der Waals surface area contributed by atoms with Crippen LogP contribution in [-0.4, -0.2) is 14.5 Å². The maximum atomic E-state index is 13.8. The topological polar surface area (TPSA) is 37.4 Å². The molecule has 1 aliphatic rings. The van der Waals surface area contributed by atoms with Gasteiger partial charge in [-0.15, -0.1) is 0 Å². The molecule has 1 heterocycles. The number of hydrogen-bond acceptors (Lipinski definition) is 2. The highest BCUT2D eigenvalue weighted by atomic mass is 32.2. The zero-order valence-corrected chi connectivity index (χ0v) is 11.8. The van der Waals surface area contributed by atoms with Crippen molar-refractivity contribution in [3.05, 3.63) is 59.9 Å². The zero-order valence-electron chi connectivity index (χ0n) is 11.0. The van der Waals surface area contributed by atoms with E-state index in [-0.39, 0.29) is 10.9 Å². The van der Waals surface area contributed by atoms with Crippen LogP contribution in [0.15, 0.2) is 53.4 Å². The van der Waals surface area contributed by atoms with Gasteiger partial charge in [-0.25, -0.2) is 12.8 Å². The first-order chi connectivity index (χ1) is 9.51. The Labute approximate surface area is 117 Å². The van der Waals surface area contributed by atoms with Crippen molar-refractivity contribution >= 4 is 15.7 Å². The summed E-state index contributed by atoms with van der Waals surface area (Å²) >= 11 is 0. The van der Waals surface area contributed by atoms with Crippen LogP contribution >= 0.6 is 0 Å². The summed E-state index contributed by atoms with van der Waals surface area (Å²) in [5.41, 5.74) is 1.61. The number of para-hydroxylation sites is 1. The van der Waals surface area contributed by atoms with Crippen LogP contribution in [0.25, 0.3) is 0 Å². The molecule has 0 N–H and O–H groups in total. The number of nitrogens with zero attached hydrogens (tertiary/aromatic N) is 1. The quantitative estimate of drug-likeness (QED) is 0.853. The second kappa shape index (κ2) is 4.59. The third kappa shape index (κ3) is 1.89. The number of sulfonamides is 1. The van der Waals surface area contributed by atoms with Crippen LogP contribution in [0.3, 0.4) is 0 Å². The van der Waals surface area contributed by atoms with E-state index in [0.717, 1.165) is 5.56 Å². The molecule has 0 aliphatic carbocycles. The van der Waals surface area contributed by atoms with Gasteiger partial charge < -0.3 is 0 Å². The minimum absolute atomic E-state index is 0.211. The van der Waals surface area contributed by atoms with E-state index in [1.54, 1.807) is 12.1 Å². The fourth-order valence-electron chi connectivity index (χ4n) is 2.66. The Morgan fingerprint density at radius 1 is 1.10 bits per heavy atom. The lowest BCUT2D eigenvalue weighted by atomic mass is 10.1. The average molecular weight is 291 g/mol. The molecule has 0 saturated heterocycles. The molecule has 1 aliphatic heterocycles. The SMILES string of the molecule is CC1Cc2ccccc2N1S(=O)(=O)c1ccccc1F. The van der Waals surface area contributed by atoms with Crippen molar-refractivity contribution in [2.24, 2.45) is 0 Å². The number of hydrogen-bond donors (Lipinski definition) is 0. The second-order valence-electron chi connectivity index (χ2n) is 4.91. The number of fused-ring (bicyclic) bond motifs is 1. The molecule has 0 aromatic heterocycles. The van der Waals surface area contributed by atoms with E-state index in [0.29, 0.717) is 12.1 Å². The maximum Gasteiger partial charge on any atom is 0.267 e. The molecule has 1 atom stereocenters. The third-order valence-electron chi connectivity index (χ3n) is 3.52. The van der Waals surface area contributed by atoms with E-state index >= 15 is 0 Å². The molecule has 0 spiro atoms. The molecule has 1 unspecified atom stereocenters. The molecule has 5 heteroatoms. The summed E-state index contributed by atoms with van der Waals surface area (Å²) in [6.07, 6.45) is 0.643. The fourth-order valence-corrected chi connectivity index (χ4v) is 4.43. The van der Waals surface area contributed by atoms with E-state index in [2.05, 4.69) is 0 Å². The summed E-state index contributed by atoms with van der Waals surface area (Å²) in [7, 11) is -3.87. The van der Waals surface area contributed by atoms with Crippen LogP contribution < -0.4 is 4.31 Å². The summed E-state index contributed by atoms with van der Waals surface area (Å²) in [5, 5.41) is 0. The lowest BCUT2D eigenvalue weighted by Crippen LogP contribution is -2.36. The van der Waals surface area contributed by atoms with Crippen molar-refractivity contribution < 1.29 is 12.8 Å². The molecule has 3 nitrogen and oxygen atoms in total. The zero-order chi connectivity index (χ0) is 14.3. The molecule has 0 amide bonds. The molecule has 104 valence electrons. The molecular weight excluding hydrogens is 277 g/mol. The van der Waals surface area contributed by atoms with Crippen LogP contribution in [0.2, 0.25) is 0 Å². The first kappa shape index (κ1) is 13.1. The van der Waals surface area contributed by atoms with Gasteiger partial charge in [-0.2, -0.15) is 0 Å². The molecule has 0 bridgehead atoms. The summed E-state index contributed by atoms with van der Waals surface area (Å²) in [6, 6.07) is 12.6. The van der Waals surface area contributed by atoms with Crippen molar-refractivity contribution in [2.45, 2.75) is 24.3 Å². The second-order valence-corrected chi connectivity index (χ2v) is 6.70. The van der Waals surface area contributed by atoms with E-state index < -0.39 is 15.8 Å². The number of benzene rings is 2. The van der Waals surface area contributed by atoms with Crippen molar-refractivity contribution in [1.29, 1.82) is 0 Å². The van der Waals surface area contributed by atoms with Crippen LogP contribution in [0.1, 0.15) is 12.5 Å². The summed E-state index contributed by atoms with van der Waals surface area (Å²) in [4.78, 5) is -0.274. The summed E-state index contributed by atoms with van der Waals surface area (Å²) in [6.45, 7) is 1.83. The van der Waals surface area contributed by atoms with Crippen molar-refractivity contribution in [3.63, 3.8) is 0 Å². The molecular formula is C15H14FNO2S.